The number of benzene rings is 1. The molecule has 0 fully saturated rings. The second-order valence-corrected chi connectivity index (χ2v) is 4.06. The highest BCUT2D eigenvalue weighted by molar-refractivity contribution is 5.85. The van der Waals surface area contributed by atoms with Crippen LogP contribution in [0, 0.1) is 5.82 Å². The number of ether oxygens (including phenoxy) is 1. The zero-order chi connectivity index (χ0) is 11.7. The number of fused-ring (bicyclic) bond motifs is 1. The van der Waals surface area contributed by atoms with Gasteiger partial charge in [-0.2, -0.15) is 0 Å². The second-order valence-electron chi connectivity index (χ2n) is 4.06. The molecule has 2 rings (SSSR count). The van der Waals surface area contributed by atoms with Crippen molar-refractivity contribution in [3.8, 4) is 5.75 Å². The van der Waals surface area contributed by atoms with Crippen LogP contribution in [0.5, 0.6) is 5.75 Å². The zero-order valence-corrected chi connectivity index (χ0v) is 9.67. The summed E-state index contributed by atoms with van der Waals surface area (Å²) in [7, 11) is 5.39. The van der Waals surface area contributed by atoms with Crippen molar-refractivity contribution in [2.75, 3.05) is 21.2 Å². The third-order valence-corrected chi connectivity index (χ3v) is 2.54. The second kappa shape index (κ2) is 4.14. The third-order valence-electron chi connectivity index (χ3n) is 2.54. The van der Waals surface area contributed by atoms with E-state index in [1.165, 1.54) is 7.11 Å². The van der Waals surface area contributed by atoms with E-state index in [0.29, 0.717) is 11.9 Å². The maximum Gasteiger partial charge on any atom is 0.174 e. The fourth-order valence-corrected chi connectivity index (χ4v) is 1.85. The normalized spacial score (nSPS) is 11.3. The molecule has 0 atom stereocenters. The van der Waals surface area contributed by atoms with Crippen molar-refractivity contribution in [3.63, 3.8) is 0 Å². The molecule has 86 valence electrons. The molecule has 4 heteroatoms. The molecular weight excluding hydrogens is 207 g/mol. The highest BCUT2D eigenvalue weighted by Crippen LogP contribution is 2.28. The van der Waals surface area contributed by atoms with Gasteiger partial charge in [-0.25, -0.2) is 4.39 Å². The minimum Gasteiger partial charge on any atom is -0.494 e. The molecule has 0 aliphatic rings. The molecule has 0 spiro atoms. The first-order chi connectivity index (χ1) is 7.63. The molecule has 0 aliphatic carbocycles. The SMILES string of the molecule is COc1ccc2[nH]cc(CN(C)C)c2c1F. The average Bonchev–Trinajstić information content (AvgIpc) is 2.62. The fourth-order valence-electron chi connectivity index (χ4n) is 1.85. The van der Waals surface area contributed by atoms with Crippen LogP contribution >= 0.6 is 0 Å². The van der Waals surface area contributed by atoms with Gasteiger partial charge in [-0.1, -0.05) is 0 Å². The lowest BCUT2D eigenvalue weighted by atomic mass is 10.1. The van der Waals surface area contributed by atoms with E-state index in [-0.39, 0.29) is 11.6 Å². The van der Waals surface area contributed by atoms with Crippen LogP contribution in [0.2, 0.25) is 0 Å². The van der Waals surface area contributed by atoms with Gasteiger partial charge in [-0.3, -0.25) is 0 Å². The molecule has 0 amide bonds. The Labute approximate surface area is 93.8 Å². The highest BCUT2D eigenvalue weighted by Gasteiger charge is 2.13. The lowest BCUT2D eigenvalue weighted by molar-refractivity contribution is 0.387. The zero-order valence-electron chi connectivity index (χ0n) is 9.67. The standard InChI is InChI=1S/C12H15FN2O/c1-15(2)7-8-6-14-9-4-5-10(16-3)12(13)11(8)9/h4-6,14H,7H2,1-3H3. The van der Waals surface area contributed by atoms with E-state index in [9.17, 15) is 4.39 Å². The van der Waals surface area contributed by atoms with Crippen molar-refractivity contribution in [2.24, 2.45) is 0 Å². The first-order valence-electron chi connectivity index (χ1n) is 5.10. The number of halogens is 1. The first-order valence-corrected chi connectivity index (χ1v) is 5.10. The van der Waals surface area contributed by atoms with Gasteiger partial charge in [0.2, 0.25) is 0 Å². The summed E-state index contributed by atoms with van der Waals surface area (Å²) in [6, 6.07) is 3.46. The van der Waals surface area contributed by atoms with Gasteiger partial charge in [0.25, 0.3) is 0 Å². The molecule has 0 aliphatic heterocycles. The Morgan fingerprint density at radius 3 is 2.75 bits per heavy atom. The van der Waals surface area contributed by atoms with Crippen molar-refractivity contribution in [3.05, 3.63) is 29.7 Å². The number of rotatable bonds is 3. The van der Waals surface area contributed by atoms with Gasteiger partial charge in [-0.15, -0.1) is 0 Å². The van der Waals surface area contributed by atoms with Crippen LogP contribution in [0.3, 0.4) is 0 Å². The molecule has 0 saturated heterocycles. The lowest BCUT2D eigenvalue weighted by Crippen LogP contribution is -2.10. The predicted octanol–water partition coefficient (Wildman–Crippen LogP) is 2.38. The van der Waals surface area contributed by atoms with Gasteiger partial charge in [0.1, 0.15) is 0 Å². The van der Waals surface area contributed by atoms with Crippen LogP contribution in [0.1, 0.15) is 5.56 Å². The number of nitrogens with zero attached hydrogens (tertiary/aromatic N) is 1. The molecule has 0 bridgehead atoms. The predicted molar refractivity (Wildman–Crippen MR) is 62.2 cm³/mol. The van der Waals surface area contributed by atoms with Crippen LogP contribution in [0.25, 0.3) is 10.9 Å². The molecule has 1 N–H and O–H groups in total. The number of H-pyrrole nitrogens is 1. The molecular formula is C12H15FN2O. The first kappa shape index (κ1) is 11.0. The molecule has 1 aromatic heterocycles. The quantitative estimate of drug-likeness (QED) is 0.863. The van der Waals surface area contributed by atoms with E-state index < -0.39 is 0 Å². The molecule has 16 heavy (non-hydrogen) atoms. The van der Waals surface area contributed by atoms with Gasteiger partial charge in [0, 0.05) is 23.6 Å². The van der Waals surface area contributed by atoms with E-state index in [1.54, 1.807) is 6.07 Å². The van der Waals surface area contributed by atoms with Crippen molar-refractivity contribution >= 4 is 10.9 Å². The average molecular weight is 222 g/mol. The molecule has 3 nitrogen and oxygen atoms in total. The summed E-state index contributed by atoms with van der Waals surface area (Å²) >= 11 is 0. The Hall–Kier alpha value is -1.55. The third kappa shape index (κ3) is 1.76. The summed E-state index contributed by atoms with van der Waals surface area (Å²) in [5.41, 5.74) is 1.74. The van der Waals surface area contributed by atoms with Crippen LogP contribution in [0.4, 0.5) is 4.39 Å². The minimum atomic E-state index is -0.293. The summed E-state index contributed by atoms with van der Waals surface area (Å²) < 4.78 is 19.0. The van der Waals surface area contributed by atoms with Gasteiger partial charge in [0.05, 0.1) is 7.11 Å². The van der Waals surface area contributed by atoms with E-state index in [2.05, 4.69) is 4.98 Å². The van der Waals surface area contributed by atoms with E-state index in [1.807, 2.05) is 31.3 Å². The Bertz CT molecular complexity index is 505. The summed E-state index contributed by atoms with van der Waals surface area (Å²) in [4.78, 5) is 5.06. The lowest BCUT2D eigenvalue weighted by Gasteiger charge is -2.09. The maximum atomic E-state index is 14.1. The maximum absolute atomic E-state index is 14.1. The summed E-state index contributed by atoms with van der Waals surface area (Å²) in [6.07, 6.45) is 1.84. The van der Waals surface area contributed by atoms with E-state index in [4.69, 9.17) is 4.74 Å². The Kier molecular flexibility index (Phi) is 2.83. The van der Waals surface area contributed by atoms with Crippen LogP contribution in [-0.4, -0.2) is 31.1 Å². The van der Waals surface area contributed by atoms with Gasteiger partial charge >= 0.3 is 0 Å². The number of hydrogen-bond acceptors (Lipinski definition) is 2. The molecule has 0 saturated carbocycles. The van der Waals surface area contributed by atoms with E-state index >= 15 is 0 Å². The van der Waals surface area contributed by atoms with Crippen molar-refractivity contribution in [2.45, 2.75) is 6.54 Å². The highest BCUT2D eigenvalue weighted by atomic mass is 19.1. The fraction of sp³-hybridized carbons (Fsp3) is 0.333. The summed E-state index contributed by atoms with van der Waals surface area (Å²) in [5.74, 6) is -0.00907. The Morgan fingerprint density at radius 2 is 2.12 bits per heavy atom. The van der Waals surface area contributed by atoms with Crippen LogP contribution in [-0.2, 0) is 6.54 Å². The topological polar surface area (TPSA) is 28.3 Å². The van der Waals surface area contributed by atoms with Crippen molar-refractivity contribution < 1.29 is 9.13 Å². The number of hydrogen-bond donors (Lipinski definition) is 1. The van der Waals surface area contributed by atoms with Crippen molar-refractivity contribution in [1.82, 2.24) is 9.88 Å². The van der Waals surface area contributed by atoms with Gasteiger partial charge in [0.15, 0.2) is 11.6 Å². The number of nitrogens with one attached hydrogen (secondary N) is 1. The molecule has 2 aromatic rings. The van der Waals surface area contributed by atoms with E-state index in [0.717, 1.165) is 11.1 Å². The molecule has 0 radical (unpaired) electrons. The molecule has 0 unspecified atom stereocenters. The smallest absolute Gasteiger partial charge is 0.174 e. The summed E-state index contributed by atoms with van der Waals surface area (Å²) in [6.45, 7) is 0.698. The number of methoxy groups -OCH3 is 1. The van der Waals surface area contributed by atoms with Crippen LogP contribution < -0.4 is 4.74 Å². The molecule has 1 aromatic carbocycles. The van der Waals surface area contributed by atoms with Gasteiger partial charge in [-0.05, 0) is 31.8 Å². The number of aromatic nitrogens is 1. The monoisotopic (exact) mass is 222 g/mol. The Morgan fingerprint density at radius 1 is 1.38 bits per heavy atom. The Balaban J connectivity index is 2.59. The van der Waals surface area contributed by atoms with Crippen LogP contribution in [0.15, 0.2) is 18.3 Å². The van der Waals surface area contributed by atoms with Gasteiger partial charge < -0.3 is 14.6 Å². The number of aromatic amines is 1. The summed E-state index contributed by atoms with van der Waals surface area (Å²) in [5, 5.41) is 0.619. The molecule has 1 heterocycles. The van der Waals surface area contributed by atoms with Crippen molar-refractivity contribution in [1.29, 1.82) is 0 Å². The largest absolute Gasteiger partial charge is 0.494 e. The minimum absolute atomic E-state index is 0.284.